The Labute approximate surface area is 170 Å². The van der Waals surface area contributed by atoms with Gasteiger partial charge in [0.1, 0.15) is 23.6 Å². The van der Waals surface area contributed by atoms with Crippen molar-refractivity contribution in [2.24, 2.45) is 0 Å². The molecule has 150 valence electrons. The highest BCUT2D eigenvalue weighted by Gasteiger charge is 2.12. The van der Waals surface area contributed by atoms with E-state index in [0.29, 0.717) is 17.2 Å². The summed E-state index contributed by atoms with van der Waals surface area (Å²) >= 11 is 0. The molecule has 0 aliphatic heterocycles. The number of hydrogen-bond donors (Lipinski definition) is 1. The Hall–Kier alpha value is -3.48. The fourth-order valence-electron chi connectivity index (χ4n) is 2.72. The lowest BCUT2D eigenvalue weighted by molar-refractivity contribution is 0.102. The van der Waals surface area contributed by atoms with Crippen LogP contribution in [0.5, 0.6) is 5.75 Å². The Kier molecular flexibility index (Phi) is 6.73. The largest absolute Gasteiger partial charge is 0.491 e. The van der Waals surface area contributed by atoms with Gasteiger partial charge in [0.05, 0.1) is 6.10 Å². The van der Waals surface area contributed by atoms with Crippen LogP contribution in [0.1, 0.15) is 29.9 Å². The third kappa shape index (κ3) is 6.00. The molecule has 2 heterocycles. The van der Waals surface area contributed by atoms with Crippen LogP contribution in [0.2, 0.25) is 0 Å². The number of pyridine rings is 1. The number of carbonyl (C=O) groups excluding carboxylic acids is 1. The van der Waals surface area contributed by atoms with Crippen molar-refractivity contribution in [1.29, 1.82) is 0 Å². The van der Waals surface area contributed by atoms with E-state index in [1.807, 2.05) is 50.1 Å². The molecule has 3 aromatic rings. The molecule has 0 fully saturated rings. The SMILES string of the molecule is CC(C)Oc1ccc(NC(=O)c2cc(N(C)CCc3ccncc3)ncn2)cc1. The zero-order valence-electron chi connectivity index (χ0n) is 16.9. The highest BCUT2D eigenvalue weighted by molar-refractivity contribution is 6.03. The van der Waals surface area contributed by atoms with Crippen LogP contribution in [-0.2, 0) is 6.42 Å². The van der Waals surface area contributed by atoms with Gasteiger partial charge in [0.15, 0.2) is 0 Å². The fourth-order valence-corrected chi connectivity index (χ4v) is 2.72. The van der Waals surface area contributed by atoms with Crippen LogP contribution in [-0.4, -0.2) is 40.6 Å². The van der Waals surface area contributed by atoms with Gasteiger partial charge in [-0.3, -0.25) is 9.78 Å². The zero-order valence-corrected chi connectivity index (χ0v) is 16.9. The summed E-state index contributed by atoms with van der Waals surface area (Å²) in [6, 6.07) is 12.9. The Morgan fingerprint density at radius 2 is 1.83 bits per heavy atom. The van der Waals surface area contributed by atoms with Gasteiger partial charge in [-0.15, -0.1) is 0 Å². The summed E-state index contributed by atoms with van der Waals surface area (Å²) in [6.07, 6.45) is 5.93. The maximum absolute atomic E-state index is 12.6. The van der Waals surface area contributed by atoms with E-state index in [4.69, 9.17) is 4.74 Å². The first-order valence-electron chi connectivity index (χ1n) is 9.51. The molecule has 1 amide bonds. The summed E-state index contributed by atoms with van der Waals surface area (Å²) in [7, 11) is 1.94. The smallest absolute Gasteiger partial charge is 0.274 e. The molecule has 2 aromatic heterocycles. The van der Waals surface area contributed by atoms with E-state index in [-0.39, 0.29) is 12.0 Å². The number of aromatic nitrogens is 3. The summed E-state index contributed by atoms with van der Waals surface area (Å²) in [5.41, 5.74) is 2.19. The molecule has 0 spiro atoms. The van der Waals surface area contributed by atoms with Crippen molar-refractivity contribution in [2.45, 2.75) is 26.4 Å². The van der Waals surface area contributed by atoms with Gasteiger partial charge in [0.2, 0.25) is 0 Å². The average molecular weight is 391 g/mol. The highest BCUT2D eigenvalue weighted by atomic mass is 16.5. The monoisotopic (exact) mass is 391 g/mol. The van der Waals surface area contributed by atoms with Crippen LogP contribution in [0, 0.1) is 0 Å². The van der Waals surface area contributed by atoms with Crippen LogP contribution < -0.4 is 15.0 Å². The molecule has 0 unspecified atom stereocenters. The molecule has 7 heteroatoms. The van der Waals surface area contributed by atoms with E-state index in [2.05, 4.69) is 20.3 Å². The summed E-state index contributed by atoms with van der Waals surface area (Å²) in [6.45, 7) is 4.70. The minimum Gasteiger partial charge on any atom is -0.491 e. The number of nitrogens with zero attached hydrogens (tertiary/aromatic N) is 4. The van der Waals surface area contributed by atoms with Crippen molar-refractivity contribution >= 4 is 17.4 Å². The lowest BCUT2D eigenvalue weighted by Gasteiger charge is -2.18. The minimum absolute atomic E-state index is 0.102. The molecule has 0 atom stereocenters. The molecule has 0 aliphatic carbocycles. The molecule has 0 bridgehead atoms. The lowest BCUT2D eigenvalue weighted by Crippen LogP contribution is -2.23. The number of benzene rings is 1. The fraction of sp³-hybridized carbons (Fsp3) is 0.273. The molecule has 0 radical (unpaired) electrons. The van der Waals surface area contributed by atoms with Gasteiger partial charge in [-0.1, -0.05) is 0 Å². The van der Waals surface area contributed by atoms with Crippen molar-refractivity contribution in [3.8, 4) is 5.75 Å². The van der Waals surface area contributed by atoms with Crippen molar-refractivity contribution < 1.29 is 9.53 Å². The summed E-state index contributed by atoms with van der Waals surface area (Å²) in [5.74, 6) is 1.17. The predicted octanol–water partition coefficient (Wildman–Crippen LogP) is 3.59. The second-order valence-corrected chi connectivity index (χ2v) is 6.93. The number of nitrogens with one attached hydrogen (secondary N) is 1. The topological polar surface area (TPSA) is 80.2 Å². The molecule has 0 saturated heterocycles. The van der Waals surface area contributed by atoms with Gasteiger partial charge >= 0.3 is 0 Å². The first kappa shape index (κ1) is 20.3. The quantitative estimate of drug-likeness (QED) is 0.632. The Morgan fingerprint density at radius 3 is 2.52 bits per heavy atom. The maximum atomic E-state index is 12.6. The normalized spacial score (nSPS) is 10.6. The van der Waals surface area contributed by atoms with Crippen molar-refractivity contribution in [2.75, 3.05) is 23.8 Å². The van der Waals surface area contributed by atoms with Crippen LogP contribution in [0.25, 0.3) is 0 Å². The molecule has 0 saturated carbocycles. The first-order valence-corrected chi connectivity index (χ1v) is 9.51. The van der Waals surface area contributed by atoms with E-state index < -0.39 is 0 Å². The molecular weight excluding hydrogens is 366 g/mol. The van der Waals surface area contributed by atoms with Gasteiger partial charge in [-0.05, 0) is 62.2 Å². The number of carbonyl (C=O) groups is 1. The van der Waals surface area contributed by atoms with E-state index >= 15 is 0 Å². The Bertz CT molecular complexity index is 929. The second kappa shape index (κ2) is 9.64. The molecule has 0 aliphatic rings. The van der Waals surface area contributed by atoms with Crippen molar-refractivity contribution in [3.63, 3.8) is 0 Å². The van der Waals surface area contributed by atoms with Crippen LogP contribution in [0.15, 0.2) is 61.2 Å². The number of rotatable bonds is 8. The molecular formula is C22H25N5O2. The number of anilines is 2. The summed E-state index contributed by atoms with van der Waals surface area (Å²) in [4.78, 5) is 27.0. The van der Waals surface area contributed by atoms with Crippen LogP contribution >= 0.6 is 0 Å². The van der Waals surface area contributed by atoms with E-state index in [0.717, 1.165) is 18.7 Å². The predicted molar refractivity (Wildman–Crippen MR) is 113 cm³/mol. The van der Waals surface area contributed by atoms with Crippen LogP contribution in [0.3, 0.4) is 0 Å². The maximum Gasteiger partial charge on any atom is 0.274 e. The van der Waals surface area contributed by atoms with E-state index in [9.17, 15) is 4.79 Å². The third-order valence-corrected chi connectivity index (χ3v) is 4.25. The number of likely N-dealkylation sites (N-methyl/N-ethyl adjacent to an activating group) is 1. The van der Waals surface area contributed by atoms with E-state index in [1.165, 1.54) is 11.9 Å². The second-order valence-electron chi connectivity index (χ2n) is 6.93. The van der Waals surface area contributed by atoms with Crippen molar-refractivity contribution in [3.05, 3.63) is 72.4 Å². The summed E-state index contributed by atoms with van der Waals surface area (Å²) in [5, 5.41) is 2.85. The number of ether oxygens (including phenoxy) is 1. The van der Waals surface area contributed by atoms with Crippen LogP contribution in [0.4, 0.5) is 11.5 Å². The average Bonchev–Trinajstić information content (AvgIpc) is 2.74. The molecule has 7 nitrogen and oxygen atoms in total. The number of hydrogen-bond acceptors (Lipinski definition) is 6. The highest BCUT2D eigenvalue weighted by Crippen LogP contribution is 2.18. The van der Waals surface area contributed by atoms with Gasteiger partial charge < -0.3 is 15.0 Å². The molecule has 29 heavy (non-hydrogen) atoms. The van der Waals surface area contributed by atoms with Gasteiger partial charge in [0, 0.05) is 37.7 Å². The van der Waals surface area contributed by atoms with Gasteiger partial charge in [-0.25, -0.2) is 9.97 Å². The standard InChI is InChI=1S/C22H25N5O2/c1-16(2)29-19-6-4-18(5-7-19)26-22(28)20-14-21(25-15-24-20)27(3)13-10-17-8-11-23-12-9-17/h4-9,11-12,14-16H,10,13H2,1-3H3,(H,26,28). The summed E-state index contributed by atoms with van der Waals surface area (Å²) < 4.78 is 5.61. The Morgan fingerprint density at radius 1 is 1.10 bits per heavy atom. The van der Waals surface area contributed by atoms with E-state index in [1.54, 1.807) is 30.6 Å². The zero-order chi connectivity index (χ0) is 20.6. The molecule has 1 N–H and O–H groups in total. The lowest BCUT2D eigenvalue weighted by atomic mass is 10.2. The van der Waals surface area contributed by atoms with Gasteiger partial charge in [-0.2, -0.15) is 0 Å². The minimum atomic E-state index is -0.284. The van der Waals surface area contributed by atoms with Crippen molar-refractivity contribution in [1.82, 2.24) is 15.0 Å². The molecule has 3 rings (SSSR count). The molecule has 1 aromatic carbocycles. The number of amides is 1. The van der Waals surface area contributed by atoms with Gasteiger partial charge in [0.25, 0.3) is 5.91 Å². The third-order valence-electron chi connectivity index (χ3n) is 4.25. The first-order chi connectivity index (χ1) is 14.0. The Balaban J connectivity index is 1.61.